The van der Waals surface area contributed by atoms with Crippen molar-refractivity contribution in [3.8, 4) is 22.3 Å². The largest absolute Gasteiger partial charge is 0.508 e. The smallest absolute Gasteiger partial charge is 0.138 e. The lowest BCUT2D eigenvalue weighted by atomic mass is 10.0. The lowest BCUT2D eigenvalue weighted by Gasteiger charge is -2.06. The second-order valence-corrected chi connectivity index (χ2v) is 4.36. The molecule has 90 valence electrons. The number of nitrogens with zero attached hydrogens (tertiary/aromatic N) is 1. The Bertz CT molecular complexity index is 597. The van der Waals surface area contributed by atoms with Gasteiger partial charge in [0.1, 0.15) is 22.8 Å². The van der Waals surface area contributed by atoms with E-state index in [1.807, 2.05) is 5.40 Å². The minimum atomic E-state index is -0.826. The maximum absolute atomic E-state index is 13.6. The molecule has 2 nitrogen and oxygen atoms in total. The number of hydrogen-bond donors (Lipinski definition) is 1. The monoisotopic (exact) mass is 263 g/mol. The third-order valence-corrected chi connectivity index (χ3v) is 2.93. The summed E-state index contributed by atoms with van der Waals surface area (Å²) in [6, 6.07) is 7.98. The fraction of sp³-hybridized carbons (Fsp3) is 0. The van der Waals surface area contributed by atoms with Crippen molar-refractivity contribution in [3.63, 3.8) is 0 Å². The van der Waals surface area contributed by atoms with E-state index >= 15 is 0 Å². The van der Waals surface area contributed by atoms with Crippen LogP contribution in [0.3, 0.4) is 0 Å². The zero-order chi connectivity index (χ0) is 13.1. The topological polar surface area (TPSA) is 44.0 Å². The molecule has 18 heavy (non-hydrogen) atoms. The predicted molar refractivity (Wildman–Crippen MR) is 64.9 cm³/mol. The molecular formula is C13H7F2NOS. The molecule has 0 spiro atoms. The van der Waals surface area contributed by atoms with Crippen LogP contribution in [0.5, 0.6) is 5.75 Å². The van der Waals surface area contributed by atoms with Crippen LogP contribution in [0, 0.1) is 22.3 Å². The van der Waals surface area contributed by atoms with Gasteiger partial charge in [-0.25, -0.2) is 8.78 Å². The molecule has 0 heterocycles. The van der Waals surface area contributed by atoms with Gasteiger partial charge in [0.25, 0.3) is 0 Å². The van der Waals surface area contributed by atoms with E-state index in [-0.39, 0.29) is 5.56 Å². The molecule has 0 bridgehead atoms. The Labute approximate surface area is 106 Å². The summed E-state index contributed by atoms with van der Waals surface area (Å²) in [5, 5.41) is 19.5. The molecule has 0 saturated carbocycles. The molecular weight excluding hydrogens is 256 g/mol. The van der Waals surface area contributed by atoms with E-state index in [1.54, 1.807) is 12.1 Å². The van der Waals surface area contributed by atoms with Crippen LogP contribution in [-0.4, -0.2) is 5.11 Å². The molecule has 0 aromatic heterocycles. The lowest BCUT2D eigenvalue weighted by molar-refractivity contribution is 0.461. The van der Waals surface area contributed by atoms with Crippen LogP contribution < -0.4 is 0 Å². The maximum Gasteiger partial charge on any atom is 0.138 e. The molecule has 0 atom stereocenters. The molecule has 0 aliphatic carbocycles. The molecule has 2 aromatic carbocycles. The quantitative estimate of drug-likeness (QED) is 0.660. The van der Waals surface area contributed by atoms with Crippen molar-refractivity contribution in [1.82, 2.24) is 0 Å². The van der Waals surface area contributed by atoms with E-state index in [0.717, 1.165) is 23.9 Å². The van der Waals surface area contributed by atoms with Crippen LogP contribution in [-0.2, 0) is 0 Å². The Hall–Kier alpha value is -2.06. The molecule has 0 radical (unpaired) electrons. The number of thiocyanates is 1. The Morgan fingerprint density at radius 1 is 1.06 bits per heavy atom. The number of thioether (sulfide) groups is 1. The standard InChI is InChI=1S/C13H7F2NOS/c14-11-5-9(17)6-12(15)13(11)8-1-3-10(4-2-8)18-7-16/h1-6,17H. The third-order valence-electron chi connectivity index (χ3n) is 2.33. The van der Waals surface area contributed by atoms with E-state index < -0.39 is 17.4 Å². The van der Waals surface area contributed by atoms with Crippen molar-refractivity contribution < 1.29 is 13.9 Å². The van der Waals surface area contributed by atoms with Gasteiger partial charge in [0, 0.05) is 17.0 Å². The number of hydrogen-bond acceptors (Lipinski definition) is 3. The molecule has 0 saturated heterocycles. The van der Waals surface area contributed by atoms with Gasteiger partial charge in [0.15, 0.2) is 0 Å². The van der Waals surface area contributed by atoms with Crippen LogP contribution >= 0.6 is 11.8 Å². The van der Waals surface area contributed by atoms with Gasteiger partial charge in [0.2, 0.25) is 0 Å². The zero-order valence-corrected chi connectivity index (χ0v) is 9.84. The zero-order valence-electron chi connectivity index (χ0n) is 9.02. The first kappa shape index (κ1) is 12.4. The summed E-state index contributed by atoms with van der Waals surface area (Å²) in [6.07, 6.45) is 0. The van der Waals surface area contributed by atoms with E-state index in [4.69, 9.17) is 10.4 Å². The van der Waals surface area contributed by atoms with Crippen LogP contribution in [0.25, 0.3) is 11.1 Å². The van der Waals surface area contributed by atoms with Crippen molar-refractivity contribution >= 4 is 11.8 Å². The van der Waals surface area contributed by atoms with Crippen molar-refractivity contribution in [2.24, 2.45) is 0 Å². The first-order valence-electron chi connectivity index (χ1n) is 4.96. The van der Waals surface area contributed by atoms with Gasteiger partial charge in [0.05, 0.1) is 5.56 Å². The number of phenols is 1. The van der Waals surface area contributed by atoms with E-state index in [9.17, 15) is 8.78 Å². The minimum Gasteiger partial charge on any atom is -0.508 e. The highest BCUT2D eigenvalue weighted by Gasteiger charge is 2.13. The summed E-state index contributed by atoms with van der Waals surface area (Å²) in [6.45, 7) is 0. The van der Waals surface area contributed by atoms with Crippen molar-refractivity contribution in [2.75, 3.05) is 0 Å². The van der Waals surface area contributed by atoms with Gasteiger partial charge < -0.3 is 5.11 Å². The number of aromatic hydroxyl groups is 1. The lowest BCUT2D eigenvalue weighted by Crippen LogP contribution is -1.90. The first-order chi connectivity index (χ1) is 8.61. The Morgan fingerprint density at radius 3 is 2.11 bits per heavy atom. The molecule has 5 heteroatoms. The van der Waals surface area contributed by atoms with Gasteiger partial charge in [-0.3, -0.25) is 0 Å². The number of phenolic OH excluding ortho intramolecular Hbond substituents is 1. The highest BCUT2D eigenvalue weighted by Crippen LogP contribution is 2.30. The normalized spacial score (nSPS) is 10.1. The average Bonchev–Trinajstić information content (AvgIpc) is 2.30. The first-order valence-corrected chi connectivity index (χ1v) is 5.78. The Morgan fingerprint density at radius 2 is 1.61 bits per heavy atom. The fourth-order valence-electron chi connectivity index (χ4n) is 1.58. The summed E-state index contributed by atoms with van der Waals surface area (Å²) in [5.41, 5.74) is 0.161. The molecule has 0 unspecified atom stereocenters. The van der Waals surface area contributed by atoms with Crippen molar-refractivity contribution in [2.45, 2.75) is 4.90 Å². The van der Waals surface area contributed by atoms with E-state index in [0.29, 0.717) is 10.5 Å². The van der Waals surface area contributed by atoms with Crippen molar-refractivity contribution in [3.05, 3.63) is 48.0 Å². The summed E-state index contributed by atoms with van der Waals surface area (Å²) in [7, 11) is 0. The molecule has 2 aromatic rings. The Kier molecular flexibility index (Phi) is 3.49. The van der Waals surface area contributed by atoms with Gasteiger partial charge >= 0.3 is 0 Å². The SMILES string of the molecule is N#CSc1ccc(-c2c(F)cc(O)cc2F)cc1. The number of benzene rings is 2. The second kappa shape index (κ2) is 5.07. The molecule has 0 amide bonds. The highest BCUT2D eigenvalue weighted by molar-refractivity contribution is 8.03. The van der Waals surface area contributed by atoms with Gasteiger partial charge in [-0.05, 0) is 29.5 Å². The molecule has 0 aliphatic rings. The summed E-state index contributed by atoms with van der Waals surface area (Å²) < 4.78 is 27.2. The second-order valence-electron chi connectivity index (χ2n) is 3.50. The van der Waals surface area contributed by atoms with Gasteiger partial charge in [-0.1, -0.05) is 12.1 Å². The van der Waals surface area contributed by atoms with E-state index in [2.05, 4.69) is 0 Å². The van der Waals surface area contributed by atoms with Gasteiger partial charge in [-0.15, -0.1) is 0 Å². The van der Waals surface area contributed by atoms with Crippen LogP contribution in [0.2, 0.25) is 0 Å². The number of nitriles is 1. The molecule has 0 aliphatic heterocycles. The van der Waals surface area contributed by atoms with Crippen LogP contribution in [0.1, 0.15) is 0 Å². The van der Waals surface area contributed by atoms with Crippen LogP contribution in [0.15, 0.2) is 41.3 Å². The van der Waals surface area contributed by atoms with E-state index in [1.165, 1.54) is 12.1 Å². The molecule has 0 fully saturated rings. The Balaban J connectivity index is 2.46. The minimum absolute atomic E-state index is 0.193. The fourth-order valence-corrected chi connectivity index (χ4v) is 1.96. The number of rotatable bonds is 2. The summed E-state index contributed by atoms with van der Waals surface area (Å²) in [5.74, 6) is -2.10. The maximum atomic E-state index is 13.6. The highest BCUT2D eigenvalue weighted by atomic mass is 32.2. The number of halogens is 2. The average molecular weight is 263 g/mol. The van der Waals surface area contributed by atoms with Crippen LogP contribution in [0.4, 0.5) is 8.78 Å². The van der Waals surface area contributed by atoms with Gasteiger partial charge in [-0.2, -0.15) is 5.26 Å². The third kappa shape index (κ3) is 2.44. The predicted octanol–water partition coefficient (Wildman–Crippen LogP) is 3.91. The summed E-state index contributed by atoms with van der Waals surface area (Å²) >= 11 is 0.968. The van der Waals surface area contributed by atoms with Crippen molar-refractivity contribution in [1.29, 1.82) is 5.26 Å². The molecule has 1 N–H and O–H groups in total. The summed E-state index contributed by atoms with van der Waals surface area (Å²) in [4.78, 5) is 0.695. The molecule has 2 rings (SSSR count).